The van der Waals surface area contributed by atoms with E-state index in [0.29, 0.717) is 37.2 Å². The molecule has 0 amide bonds. The molecule has 4 aromatic carbocycles. The molecule has 39 heavy (non-hydrogen) atoms. The van der Waals surface area contributed by atoms with E-state index in [1.54, 1.807) is 6.07 Å². The largest absolute Gasteiger partial charge is 0.457 e. The summed E-state index contributed by atoms with van der Waals surface area (Å²) in [4.78, 5) is 6.82. The van der Waals surface area contributed by atoms with Crippen LogP contribution in [0.4, 0.5) is 10.1 Å². The van der Waals surface area contributed by atoms with Gasteiger partial charge in [0.1, 0.15) is 21.0 Å². The molecule has 0 bridgehead atoms. The van der Waals surface area contributed by atoms with Gasteiger partial charge in [0.05, 0.1) is 30.2 Å². The van der Waals surface area contributed by atoms with E-state index in [-0.39, 0.29) is 5.82 Å². The molecular weight excluding hydrogens is 602 g/mol. The second-order valence-corrected chi connectivity index (χ2v) is 10.1. The van der Waals surface area contributed by atoms with Crippen molar-refractivity contribution in [3.8, 4) is 17.6 Å². The number of anilines is 1. The van der Waals surface area contributed by atoms with Crippen LogP contribution in [0.2, 0.25) is 0 Å². The van der Waals surface area contributed by atoms with Crippen LogP contribution in [0.5, 0.6) is 11.5 Å². The molecular formula is C32H26FIN4O. The van der Waals surface area contributed by atoms with E-state index < -0.39 is 0 Å². The maximum atomic E-state index is 14.4. The molecule has 5 aromatic rings. The summed E-state index contributed by atoms with van der Waals surface area (Å²) in [6.07, 6.45) is 2.41. The first-order chi connectivity index (χ1) is 19.1. The summed E-state index contributed by atoms with van der Waals surface area (Å²) in [6, 6.07) is 34.4. The van der Waals surface area contributed by atoms with Crippen molar-refractivity contribution < 1.29 is 9.13 Å². The zero-order valence-corrected chi connectivity index (χ0v) is 23.3. The lowest BCUT2D eigenvalue weighted by Gasteiger charge is -2.26. The van der Waals surface area contributed by atoms with Crippen LogP contribution in [0.25, 0.3) is 0 Å². The number of benzene rings is 4. The monoisotopic (exact) mass is 628 g/mol. The average Bonchev–Trinajstić information content (AvgIpc) is 3.31. The van der Waals surface area contributed by atoms with E-state index in [1.807, 2.05) is 97.3 Å². The van der Waals surface area contributed by atoms with Crippen molar-refractivity contribution in [1.82, 2.24) is 9.55 Å². The highest BCUT2D eigenvalue weighted by Crippen LogP contribution is 2.27. The number of aromatic nitrogens is 2. The lowest BCUT2D eigenvalue weighted by molar-refractivity contribution is 0.482. The van der Waals surface area contributed by atoms with Gasteiger partial charge in [0.25, 0.3) is 0 Å². The van der Waals surface area contributed by atoms with Crippen LogP contribution in [0.15, 0.2) is 109 Å². The number of imidazole rings is 1. The molecule has 0 aliphatic rings. The Labute approximate surface area is 241 Å². The van der Waals surface area contributed by atoms with E-state index in [4.69, 9.17) is 10.00 Å². The molecule has 0 aliphatic carbocycles. The average molecular weight is 628 g/mol. The van der Waals surface area contributed by atoms with Gasteiger partial charge in [-0.15, -0.1) is 0 Å². The summed E-state index contributed by atoms with van der Waals surface area (Å²) in [7, 11) is 0. The molecule has 5 rings (SSSR count). The normalized spacial score (nSPS) is 10.7. The standard InChI is InChI=1S/C32H26FIN4O/c33-30-9-5-4-6-26(30)18-19-37(27-14-16-29(17-15-27)39-28-7-2-1-3-8-28)22-31-32(34)36-23-38(31)21-25-12-10-24(20-35)11-13-25/h1-17,23H,18-19,21-22H2. The summed E-state index contributed by atoms with van der Waals surface area (Å²) >= 11 is 2.27. The van der Waals surface area contributed by atoms with Crippen molar-refractivity contribution >= 4 is 28.3 Å². The van der Waals surface area contributed by atoms with Crippen LogP contribution in [-0.4, -0.2) is 16.1 Å². The first-order valence-electron chi connectivity index (χ1n) is 12.6. The second-order valence-electron chi connectivity index (χ2n) is 9.09. The van der Waals surface area contributed by atoms with E-state index in [1.165, 1.54) is 6.07 Å². The summed E-state index contributed by atoms with van der Waals surface area (Å²) in [5.41, 5.74) is 4.49. The maximum absolute atomic E-state index is 14.4. The zero-order valence-electron chi connectivity index (χ0n) is 21.2. The van der Waals surface area contributed by atoms with Crippen LogP contribution in [0.3, 0.4) is 0 Å². The van der Waals surface area contributed by atoms with Gasteiger partial charge in [0, 0.05) is 18.8 Å². The Morgan fingerprint density at radius 3 is 2.28 bits per heavy atom. The molecule has 0 fully saturated rings. The summed E-state index contributed by atoms with van der Waals surface area (Å²) in [5, 5.41) is 9.11. The molecule has 0 radical (unpaired) electrons. The molecule has 0 spiro atoms. The lowest BCUT2D eigenvalue weighted by Crippen LogP contribution is -2.27. The SMILES string of the molecule is N#Cc1ccc(Cn2cnc(I)c2CN(CCc2ccccc2F)c2ccc(Oc3ccccc3)cc2)cc1. The lowest BCUT2D eigenvalue weighted by atomic mass is 10.1. The molecule has 0 unspecified atom stereocenters. The smallest absolute Gasteiger partial charge is 0.127 e. The molecule has 194 valence electrons. The highest BCUT2D eigenvalue weighted by Gasteiger charge is 2.16. The fourth-order valence-corrected chi connectivity index (χ4v) is 4.95. The van der Waals surface area contributed by atoms with Gasteiger partial charge < -0.3 is 14.2 Å². The number of ether oxygens (including phenoxy) is 1. The van der Waals surface area contributed by atoms with E-state index >= 15 is 0 Å². The predicted octanol–water partition coefficient (Wildman–Crippen LogP) is 7.59. The zero-order chi connectivity index (χ0) is 27.0. The molecule has 1 aromatic heterocycles. The predicted molar refractivity (Wildman–Crippen MR) is 159 cm³/mol. The van der Waals surface area contributed by atoms with Crippen molar-refractivity contribution in [1.29, 1.82) is 5.26 Å². The third-order valence-electron chi connectivity index (χ3n) is 6.46. The third-order valence-corrected chi connectivity index (χ3v) is 7.36. The number of hydrogen-bond donors (Lipinski definition) is 0. The fourth-order valence-electron chi connectivity index (χ4n) is 4.34. The Kier molecular flexibility index (Phi) is 8.54. The number of halogens is 2. The number of rotatable bonds is 10. The first-order valence-corrected chi connectivity index (χ1v) is 13.7. The van der Waals surface area contributed by atoms with Gasteiger partial charge in [-0.3, -0.25) is 0 Å². The first kappa shape index (κ1) is 26.4. The van der Waals surface area contributed by atoms with Gasteiger partial charge in [0.2, 0.25) is 0 Å². The number of nitriles is 1. The van der Waals surface area contributed by atoms with Crippen molar-refractivity contribution in [2.45, 2.75) is 19.5 Å². The minimum absolute atomic E-state index is 0.190. The van der Waals surface area contributed by atoms with Crippen molar-refractivity contribution in [3.05, 3.63) is 141 Å². The van der Waals surface area contributed by atoms with E-state index in [9.17, 15) is 4.39 Å². The van der Waals surface area contributed by atoms with E-state index in [0.717, 1.165) is 32.1 Å². The minimum atomic E-state index is -0.190. The van der Waals surface area contributed by atoms with Gasteiger partial charge in [-0.25, -0.2) is 9.37 Å². The molecule has 0 saturated carbocycles. The van der Waals surface area contributed by atoms with Crippen molar-refractivity contribution in [3.63, 3.8) is 0 Å². The van der Waals surface area contributed by atoms with E-state index in [2.05, 4.69) is 43.1 Å². The molecule has 1 heterocycles. The maximum Gasteiger partial charge on any atom is 0.127 e. The number of nitrogens with zero attached hydrogens (tertiary/aromatic N) is 4. The molecule has 0 N–H and O–H groups in total. The van der Waals surface area contributed by atoms with Crippen molar-refractivity contribution in [2.24, 2.45) is 0 Å². The summed E-state index contributed by atoms with van der Waals surface area (Å²) < 4.78 is 23.5. The Balaban J connectivity index is 1.39. The van der Waals surface area contributed by atoms with Crippen molar-refractivity contribution in [2.75, 3.05) is 11.4 Å². The molecule has 0 atom stereocenters. The summed E-state index contributed by atoms with van der Waals surface area (Å²) in [5.74, 6) is 1.34. The van der Waals surface area contributed by atoms with Gasteiger partial charge in [0.15, 0.2) is 0 Å². The number of para-hydroxylation sites is 1. The van der Waals surface area contributed by atoms with Crippen LogP contribution in [0.1, 0.15) is 22.4 Å². The van der Waals surface area contributed by atoms with Gasteiger partial charge in [-0.2, -0.15) is 5.26 Å². The molecule has 7 heteroatoms. The van der Waals surface area contributed by atoms with Gasteiger partial charge in [-0.05, 0) is 94.7 Å². The van der Waals surface area contributed by atoms with Crippen LogP contribution < -0.4 is 9.64 Å². The quantitative estimate of drug-likeness (QED) is 0.150. The summed E-state index contributed by atoms with van der Waals surface area (Å²) in [6.45, 7) is 1.86. The Bertz CT molecular complexity index is 1560. The highest BCUT2D eigenvalue weighted by atomic mass is 127. The topological polar surface area (TPSA) is 54.1 Å². The molecule has 0 saturated heterocycles. The molecule has 0 aliphatic heterocycles. The number of hydrogen-bond acceptors (Lipinski definition) is 4. The minimum Gasteiger partial charge on any atom is -0.457 e. The second kappa shape index (κ2) is 12.6. The van der Waals surface area contributed by atoms with Crippen LogP contribution in [0, 0.1) is 20.8 Å². The Hall–Kier alpha value is -4.16. The Morgan fingerprint density at radius 2 is 1.56 bits per heavy atom. The highest BCUT2D eigenvalue weighted by molar-refractivity contribution is 14.1. The van der Waals surface area contributed by atoms with Gasteiger partial charge in [-0.1, -0.05) is 48.5 Å². The van der Waals surface area contributed by atoms with Gasteiger partial charge >= 0.3 is 0 Å². The third kappa shape index (κ3) is 6.84. The van der Waals surface area contributed by atoms with Crippen LogP contribution >= 0.6 is 22.6 Å². The Morgan fingerprint density at radius 1 is 0.872 bits per heavy atom. The fraction of sp³-hybridized carbons (Fsp3) is 0.125. The van der Waals surface area contributed by atoms with Crippen LogP contribution in [-0.2, 0) is 19.5 Å². The molecule has 5 nitrogen and oxygen atoms in total.